The number of nitrogens with two attached hydrogens (primary N) is 1. The maximum absolute atomic E-state index is 9.28. The molecule has 3 N–H and O–H groups in total. The van der Waals surface area contributed by atoms with E-state index in [2.05, 4.69) is 4.90 Å². The first kappa shape index (κ1) is 10.9. The fourth-order valence-corrected chi connectivity index (χ4v) is 1.47. The standard InChI is InChI=1S/C9H20N2O2/c10-8-9(12)2-4-11-3-1-6-13-7-5-11/h9,12H,1-8,10H2. The SMILES string of the molecule is NCC(O)CCN1CCCOCC1. The summed E-state index contributed by atoms with van der Waals surface area (Å²) < 4.78 is 5.33. The molecule has 78 valence electrons. The van der Waals surface area contributed by atoms with Crippen LogP contribution in [0.5, 0.6) is 0 Å². The molecule has 1 heterocycles. The van der Waals surface area contributed by atoms with Gasteiger partial charge in [0.25, 0.3) is 0 Å². The summed E-state index contributed by atoms with van der Waals surface area (Å²) in [5, 5.41) is 9.28. The quantitative estimate of drug-likeness (QED) is 0.619. The lowest BCUT2D eigenvalue weighted by atomic mass is 10.2. The van der Waals surface area contributed by atoms with Crippen LogP contribution in [0.3, 0.4) is 0 Å². The molecule has 13 heavy (non-hydrogen) atoms. The average molecular weight is 188 g/mol. The summed E-state index contributed by atoms with van der Waals surface area (Å²) in [4.78, 5) is 2.33. The van der Waals surface area contributed by atoms with E-state index in [4.69, 9.17) is 10.5 Å². The third-order valence-corrected chi connectivity index (χ3v) is 2.37. The zero-order chi connectivity index (χ0) is 9.52. The Kier molecular flexibility index (Phi) is 5.31. The van der Waals surface area contributed by atoms with Crippen molar-refractivity contribution in [2.75, 3.05) is 39.4 Å². The Morgan fingerprint density at radius 2 is 2.23 bits per heavy atom. The maximum Gasteiger partial charge on any atom is 0.0674 e. The predicted molar refractivity (Wildman–Crippen MR) is 51.6 cm³/mol. The molecule has 0 aromatic heterocycles. The molecule has 1 fully saturated rings. The van der Waals surface area contributed by atoms with Crippen LogP contribution in [0.25, 0.3) is 0 Å². The van der Waals surface area contributed by atoms with Gasteiger partial charge in [0.1, 0.15) is 0 Å². The van der Waals surface area contributed by atoms with E-state index in [1.165, 1.54) is 0 Å². The van der Waals surface area contributed by atoms with E-state index in [1.807, 2.05) is 0 Å². The number of hydrogen-bond acceptors (Lipinski definition) is 4. The van der Waals surface area contributed by atoms with Crippen molar-refractivity contribution in [2.45, 2.75) is 18.9 Å². The second kappa shape index (κ2) is 6.32. The van der Waals surface area contributed by atoms with Crippen LogP contribution in [-0.2, 0) is 4.74 Å². The van der Waals surface area contributed by atoms with E-state index in [9.17, 15) is 5.11 Å². The van der Waals surface area contributed by atoms with E-state index in [-0.39, 0.29) is 6.10 Å². The molecule has 1 aliphatic heterocycles. The second-order valence-electron chi connectivity index (χ2n) is 3.49. The molecule has 4 heteroatoms. The van der Waals surface area contributed by atoms with Crippen molar-refractivity contribution in [1.29, 1.82) is 0 Å². The minimum Gasteiger partial charge on any atom is -0.392 e. The monoisotopic (exact) mass is 188 g/mol. The molecule has 1 atom stereocenters. The fourth-order valence-electron chi connectivity index (χ4n) is 1.47. The summed E-state index contributed by atoms with van der Waals surface area (Å²) in [6.45, 7) is 5.05. The van der Waals surface area contributed by atoms with Gasteiger partial charge in [0.15, 0.2) is 0 Å². The highest BCUT2D eigenvalue weighted by Gasteiger charge is 2.10. The van der Waals surface area contributed by atoms with Gasteiger partial charge >= 0.3 is 0 Å². The van der Waals surface area contributed by atoms with Crippen molar-refractivity contribution in [1.82, 2.24) is 4.90 Å². The lowest BCUT2D eigenvalue weighted by Crippen LogP contribution is -2.31. The Balaban J connectivity index is 2.11. The molecule has 0 amide bonds. The molecular formula is C9H20N2O2. The van der Waals surface area contributed by atoms with Crippen LogP contribution < -0.4 is 5.73 Å². The number of rotatable bonds is 4. The van der Waals surface area contributed by atoms with E-state index in [0.29, 0.717) is 6.54 Å². The zero-order valence-electron chi connectivity index (χ0n) is 8.11. The molecule has 0 radical (unpaired) electrons. The third-order valence-electron chi connectivity index (χ3n) is 2.37. The van der Waals surface area contributed by atoms with Crippen LogP contribution in [0, 0.1) is 0 Å². The summed E-state index contributed by atoms with van der Waals surface area (Å²) in [5.74, 6) is 0. The second-order valence-corrected chi connectivity index (χ2v) is 3.49. The molecule has 1 aliphatic rings. The highest BCUT2D eigenvalue weighted by Crippen LogP contribution is 2.01. The minimum absolute atomic E-state index is 0.343. The van der Waals surface area contributed by atoms with Gasteiger partial charge in [0, 0.05) is 32.8 Å². The van der Waals surface area contributed by atoms with Gasteiger partial charge in [0.05, 0.1) is 12.7 Å². The van der Waals surface area contributed by atoms with Gasteiger partial charge in [-0.2, -0.15) is 0 Å². The van der Waals surface area contributed by atoms with Gasteiger partial charge in [-0.25, -0.2) is 0 Å². The summed E-state index contributed by atoms with van der Waals surface area (Å²) >= 11 is 0. The van der Waals surface area contributed by atoms with E-state index in [0.717, 1.165) is 45.7 Å². The van der Waals surface area contributed by atoms with Crippen LogP contribution in [-0.4, -0.2) is 55.5 Å². The molecule has 0 aromatic carbocycles. The van der Waals surface area contributed by atoms with E-state index < -0.39 is 0 Å². The van der Waals surface area contributed by atoms with Crippen LogP contribution in [0.2, 0.25) is 0 Å². The number of ether oxygens (including phenoxy) is 1. The Bertz CT molecular complexity index is 125. The Morgan fingerprint density at radius 3 is 3.00 bits per heavy atom. The number of nitrogens with zero attached hydrogens (tertiary/aromatic N) is 1. The maximum atomic E-state index is 9.28. The Labute approximate surface area is 79.7 Å². The van der Waals surface area contributed by atoms with Crippen molar-refractivity contribution < 1.29 is 9.84 Å². The van der Waals surface area contributed by atoms with Gasteiger partial charge in [-0.3, -0.25) is 0 Å². The van der Waals surface area contributed by atoms with Crippen molar-refractivity contribution in [3.8, 4) is 0 Å². The highest BCUT2D eigenvalue weighted by molar-refractivity contribution is 4.64. The molecule has 0 bridgehead atoms. The molecule has 0 aromatic rings. The Morgan fingerprint density at radius 1 is 1.38 bits per heavy atom. The summed E-state index contributed by atoms with van der Waals surface area (Å²) in [5.41, 5.74) is 5.33. The van der Waals surface area contributed by atoms with Gasteiger partial charge in [-0.05, 0) is 12.8 Å². The topological polar surface area (TPSA) is 58.7 Å². The number of aliphatic hydroxyl groups excluding tert-OH is 1. The molecule has 0 aliphatic carbocycles. The van der Waals surface area contributed by atoms with E-state index in [1.54, 1.807) is 0 Å². The van der Waals surface area contributed by atoms with Gasteiger partial charge < -0.3 is 20.5 Å². The number of hydrogen-bond donors (Lipinski definition) is 2. The highest BCUT2D eigenvalue weighted by atomic mass is 16.5. The summed E-state index contributed by atoms with van der Waals surface area (Å²) in [6, 6.07) is 0. The molecule has 1 rings (SSSR count). The summed E-state index contributed by atoms with van der Waals surface area (Å²) in [6.07, 6.45) is 1.53. The largest absolute Gasteiger partial charge is 0.392 e. The van der Waals surface area contributed by atoms with Gasteiger partial charge in [-0.1, -0.05) is 0 Å². The molecule has 1 unspecified atom stereocenters. The molecular weight excluding hydrogens is 168 g/mol. The fraction of sp³-hybridized carbons (Fsp3) is 1.00. The van der Waals surface area contributed by atoms with Crippen LogP contribution >= 0.6 is 0 Å². The average Bonchev–Trinajstić information content (AvgIpc) is 2.42. The molecule has 0 spiro atoms. The molecule has 4 nitrogen and oxygen atoms in total. The predicted octanol–water partition coefficient (Wildman–Crippen LogP) is -0.582. The van der Waals surface area contributed by atoms with Gasteiger partial charge in [-0.15, -0.1) is 0 Å². The third kappa shape index (κ3) is 4.57. The lowest BCUT2D eigenvalue weighted by Gasteiger charge is -2.20. The zero-order valence-corrected chi connectivity index (χ0v) is 8.11. The van der Waals surface area contributed by atoms with Crippen LogP contribution in [0.15, 0.2) is 0 Å². The molecule has 1 saturated heterocycles. The first-order chi connectivity index (χ1) is 6.33. The molecule has 0 saturated carbocycles. The normalized spacial score (nSPS) is 22.6. The van der Waals surface area contributed by atoms with Crippen LogP contribution in [0.4, 0.5) is 0 Å². The minimum atomic E-state index is -0.343. The number of aliphatic hydroxyl groups is 1. The van der Waals surface area contributed by atoms with Crippen molar-refractivity contribution in [3.63, 3.8) is 0 Å². The van der Waals surface area contributed by atoms with Crippen molar-refractivity contribution in [3.05, 3.63) is 0 Å². The lowest BCUT2D eigenvalue weighted by molar-refractivity contribution is 0.129. The summed E-state index contributed by atoms with van der Waals surface area (Å²) in [7, 11) is 0. The Hall–Kier alpha value is -0.160. The first-order valence-electron chi connectivity index (χ1n) is 5.01. The van der Waals surface area contributed by atoms with Crippen molar-refractivity contribution in [2.24, 2.45) is 5.73 Å². The smallest absolute Gasteiger partial charge is 0.0674 e. The van der Waals surface area contributed by atoms with Crippen molar-refractivity contribution >= 4 is 0 Å². The van der Waals surface area contributed by atoms with E-state index >= 15 is 0 Å². The van der Waals surface area contributed by atoms with Crippen LogP contribution in [0.1, 0.15) is 12.8 Å². The van der Waals surface area contributed by atoms with Gasteiger partial charge in [0.2, 0.25) is 0 Å². The first-order valence-corrected chi connectivity index (χ1v) is 5.01.